The van der Waals surface area contributed by atoms with E-state index in [4.69, 9.17) is 4.74 Å². The highest BCUT2D eigenvalue weighted by atomic mass is 16.5. The summed E-state index contributed by atoms with van der Waals surface area (Å²) in [5.74, 6) is 0.796. The van der Waals surface area contributed by atoms with Gasteiger partial charge in [0, 0.05) is 17.3 Å². The van der Waals surface area contributed by atoms with Crippen LogP contribution in [0.15, 0.2) is 6.07 Å². The molecule has 0 aliphatic rings. The van der Waals surface area contributed by atoms with Crippen molar-refractivity contribution in [2.24, 2.45) is 0 Å². The van der Waals surface area contributed by atoms with Gasteiger partial charge in [0.05, 0.1) is 12.6 Å². The fraction of sp³-hybridized carbons (Fsp3) is 0.643. The molecular formula is C14H24N4O2. The number of nitrogens with zero attached hydrogens (tertiary/aromatic N) is 2. The van der Waals surface area contributed by atoms with Gasteiger partial charge in [-0.25, -0.2) is 4.98 Å². The largest absolute Gasteiger partial charge is 0.475 e. The number of hydrogen-bond acceptors (Lipinski definition) is 5. The third-order valence-electron chi connectivity index (χ3n) is 2.11. The van der Waals surface area contributed by atoms with Crippen LogP contribution >= 0.6 is 0 Å². The monoisotopic (exact) mass is 280 g/mol. The van der Waals surface area contributed by atoms with E-state index in [2.05, 4.69) is 20.6 Å². The van der Waals surface area contributed by atoms with Crippen LogP contribution in [0.3, 0.4) is 0 Å². The lowest BCUT2D eigenvalue weighted by molar-refractivity contribution is -0.120. The molecule has 0 atom stereocenters. The Morgan fingerprint density at radius 2 is 2.00 bits per heavy atom. The number of rotatable bonds is 5. The lowest BCUT2D eigenvalue weighted by Gasteiger charge is -2.20. The standard InChI is InChI=1S/C14H24N4O2/c1-9(2)20-12-7-10(3)16-13(17-12)15-8-11(19)18-14(4,5)6/h7,9H,8H2,1-6H3,(H,18,19)(H,15,16,17). The summed E-state index contributed by atoms with van der Waals surface area (Å²) in [4.78, 5) is 20.2. The summed E-state index contributed by atoms with van der Waals surface area (Å²) < 4.78 is 5.53. The van der Waals surface area contributed by atoms with Crippen molar-refractivity contribution in [3.05, 3.63) is 11.8 Å². The Morgan fingerprint density at radius 3 is 2.55 bits per heavy atom. The summed E-state index contributed by atoms with van der Waals surface area (Å²) in [6.07, 6.45) is 0.0429. The normalized spacial score (nSPS) is 11.3. The van der Waals surface area contributed by atoms with E-state index in [0.29, 0.717) is 11.8 Å². The average Bonchev–Trinajstić information content (AvgIpc) is 2.22. The smallest absolute Gasteiger partial charge is 0.239 e. The average molecular weight is 280 g/mol. The number of aromatic nitrogens is 2. The molecule has 1 aromatic heterocycles. The van der Waals surface area contributed by atoms with Crippen molar-refractivity contribution in [2.45, 2.75) is 53.2 Å². The number of anilines is 1. The minimum absolute atomic E-state index is 0.0429. The van der Waals surface area contributed by atoms with Crippen LogP contribution in [-0.4, -0.2) is 34.1 Å². The van der Waals surface area contributed by atoms with Crippen molar-refractivity contribution in [2.75, 3.05) is 11.9 Å². The number of ether oxygens (including phenoxy) is 1. The molecule has 112 valence electrons. The molecule has 20 heavy (non-hydrogen) atoms. The van der Waals surface area contributed by atoms with Gasteiger partial charge in [-0.15, -0.1) is 0 Å². The first-order chi connectivity index (χ1) is 9.15. The Labute approximate surface area is 120 Å². The van der Waals surface area contributed by atoms with E-state index in [9.17, 15) is 4.79 Å². The molecule has 0 aliphatic carbocycles. The predicted octanol–water partition coefficient (Wildman–Crippen LogP) is 1.90. The van der Waals surface area contributed by atoms with E-state index in [1.54, 1.807) is 6.07 Å². The number of nitrogens with one attached hydrogen (secondary N) is 2. The molecule has 0 bridgehead atoms. The molecule has 1 amide bonds. The van der Waals surface area contributed by atoms with Gasteiger partial charge in [-0.2, -0.15) is 4.98 Å². The van der Waals surface area contributed by atoms with Gasteiger partial charge in [0.15, 0.2) is 0 Å². The van der Waals surface area contributed by atoms with Crippen molar-refractivity contribution in [1.29, 1.82) is 0 Å². The van der Waals surface area contributed by atoms with Gasteiger partial charge < -0.3 is 15.4 Å². The second-order valence-corrected chi connectivity index (χ2v) is 5.99. The maximum atomic E-state index is 11.7. The van der Waals surface area contributed by atoms with E-state index in [1.807, 2.05) is 41.5 Å². The molecule has 0 spiro atoms. The van der Waals surface area contributed by atoms with Crippen LogP contribution in [0.1, 0.15) is 40.3 Å². The summed E-state index contributed by atoms with van der Waals surface area (Å²) in [7, 11) is 0. The number of carbonyl (C=O) groups is 1. The van der Waals surface area contributed by atoms with E-state index in [0.717, 1.165) is 5.69 Å². The predicted molar refractivity (Wildman–Crippen MR) is 78.9 cm³/mol. The molecule has 0 saturated carbocycles. The van der Waals surface area contributed by atoms with Crippen LogP contribution in [0.5, 0.6) is 5.88 Å². The molecule has 6 heteroatoms. The maximum Gasteiger partial charge on any atom is 0.239 e. The number of aryl methyl sites for hydroxylation is 1. The Morgan fingerprint density at radius 1 is 1.35 bits per heavy atom. The number of hydrogen-bond donors (Lipinski definition) is 2. The highest BCUT2D eigenvalue weighted by Crippen LogP contribution is 2.13. The first-order valence-electron chi connectivity index (χ1n) is 6.73. The van der Waals surface area contributed by atoms with Gasteiger partial charge in [0.2, 0.25) is 17.7 Å². The van der Waals surface area contributed by atoms with Crippen molar-refractivity contribution in [3.63, 3.8) is 0 Å². The van der Waals surface area contributed by atoms with E-state index < -0.39 is 0 Å². The molecule has 1 heterocycles. The lowest BCUT2D eigenvalue weighted by atomic mass is 10.1. The van der Waals surface area contributed by atoms with Crippen LogP contribution in [0.4, 0.5) is 5.95 Å². The van der Waals surface area contributed by atoms with Crippen LogP contribution < -0.4 is 15.4 Å². The Hall–Kier alpha value is -1.85. The summed E-state index contributed by atoms with van der Waals surface area (Å²) in [6, 6.07) is 1.76. The van der Waals surface area contributed by atoms with Crippen LogP contribution in [0.25, 0.3) is 0 Å². The lowest BCUT2D eigenvalue weighted by Crippen LogP contribution is -2.43. The second kappa shape index (κ2) is 6.54. The van der Waals surface area contributed by atoms with Crippen LogP contribution in [0, 0.1) is 6.92 Å². The van der Waals surface area contributed by atoms with E-state index in [1.165, 1.54) is 0 Å². The van der Waals surface area contributed by atoms with E-state index in [-0.39, 0.29) is 24.1 Å². The van der Waals surface area contributed by atoms with Gasteiger partial charge in [0.1, 0.15) is 0 Å². The minimum Gasteiger partial charge on any atom is -0.475 e. The van der Waals surface area contributed by atoms with Crippen molar-refractivity contribution >= 4 is 11.9 Å². The number of carbonyl (C=O) groups excluding carboxylic acids is 1. The minimum atomic E-state index is -0.252. The molecule has 0 aromatic carbocycles. The Kier molecular flexibility index (Phi) is 5.30. The fourth-order valence-corrected chi connectivity index (χ4v) is 1.54. The summed E-state index contributed by atoms with van der Waals surface area (Å²) >= 11 is 0. The maximum absolute atomic E-state index is 11.7. The van der Waals surface area contributed by atoms with Crippen LogP contribution in [0.2, 0.25) is 0 Å². The van der Waals surface area contributed by atoms with Gasteiger partial charge in [-0.3, -0.25) is 4.79 Å². The first-order valence-corrected chi connectivity index (χ1v) is 6.73. The Bertz CT molecular complexity index is 467. The zero-order chi connectivity index (χ0) is 15.3. The third-order valence-corrected chi connectivity index (χ3v) is 2.11. The SMILES string of the molecule is Cc1cc(OC(C)C)nc(NCC(=O)NC(C)(C)C)n1. The summed E-state index contributed by atoms with van der Waals surface area (Å²) in [5.41, 5.74) is 0.535. The quantitative estimate of drug-likeness (QED) is 0.861. The van der Waals surface area contributed by atoms with Crippen molar-refractivity contribution in [1.82, 2.24) is 15.3 Å². The van der Waals surface area contributed by atoms with Gasteiger partial charge >= 0.3 is 0 Å². The molecular weight excluding hydrogens is 256 g/mol. The first kappa shape index (κ1) is 16.2. The molecule has 0 unspecified atom stereocenters. The van der Waals surface area contributed by atoms with Gasteiger partial charge in [-0.05, 0) is 41.5 Å². The molecule has 1 rings (SSSR count). The topological polar surface area (TPSA) is 76.1 Å². The summed E-state index contributed by atoms with van der Waals surface area (Å²) in [5, 5.41) is 5.77. The van der Waals surface area contributed by atoms with Crippen molar-refractivity contribution < 1.29 is 9.53 Å². The fourth-order valence-electron chi connectivity index (χ4n) is 1.54. The zero-order valence-electron chi connectivity index (χ0n) is 13.1. The van der Waals surface area contributed by atoms with Crippen molar-refractivity contribution in [3.8, 4) is 5.88 Å². The molecule has 0 fully saturated rings. The molecule has 1 aromatic rings. The molecule has 6 nitrogen and oxygen atoms in total. The van der Waals surface area contributed by atoms with Gasteiger partial charge in [-0.1, -0.05) is 0 Å². The molecule has 0 aliphatic heterocycles. The molecule has 0 radical (unpaired) electrons. The highest BCUT2D eigenvalue weighted by Gasteiger charge is 2.14. The third kappa shape index (κ3) is 6.36. The highest BCUT2D eigenvalue weighted by molar-refractivity contribution is 5.80. The number of amides is 1. The molecule has 2 N–H and O–H groups in total. The van der Waals surface area contributed by atoms with Crippen LogP contribution in [-0.2, 0) is 4.79 Å². The second-order valence-electron chi connectivity index (χ2n) is 5.99. The molecule has 0 saturated heterocycles. The van der Waals surface area contributed by atoms with Gasteiger partial charge in [0.25, 0.3) is 0 Å². The Balaban J connectivity index is 2.64. The summed E-state index contributed by atoms with van der Waals surface area (Å²) in [6.45, 7) is 11.6. The zero-order valence-corrected chi connectivity index (χ0v) is 13.1. The van der Waals surface area contributed by atoms with E-state index >= 15 is 0 Å².